The Hall–Kier alpha value is -2.71. The number of hydrogen-bond acceptors (Lipinski definition) is 6. The Kier molecular flexibility index (Phi) is 5.39. The summed E-state index contributed by atoms with van der Waals surface area (Å²) in [5.41, 5.74) is -0.564. The van der Waals surface area contributed by atoms with Gasteiger partial charge in [-0.15, -0.1) is 0 Å². The van der Waals surface area contributed by atoms with E-state index < -0.39 is 22.4 Å². The lowest BCUT2D eigenvalue weighted by molar-refractivity contribution is -0.385. The number of hydrogen-bond donors (Lipinski definition) is 3. The quantitative estimate of drug-likeness (QED) is 0.493. The summed E-state index contributed by atoms with van der Waals surface area (Å²) in [4.78, 5) is 37.0. The summed E-state index contributed by atoms with van der Waals surface area (Å²) in [5, 5.41) is 18.4. The molecule has 1 heterocycles. The molecule has 0 spiro atoms. The van der Waals surface area contributed by atoms with E-state index in [4.69, 9.17) is 0 Å². The molecular weight excluding hydrogens is 266 g/mol. The molecule has 0 fully saturated rings. The number of amides is 2. The Balaban J connectivity index is 2.99. The lowest BCUT2D eigenvalue weighted by atomic mass is 10.2. The average molecular weight is 281 g/mol. The molecular formula is C11H15N5O4. The van der Waals surface area contributed by atoms with Crippen molar-refractivity contribution in [3.63, 3.8) is 0 Å². The topological polar surface area (TPSA) is 126 Å². The summed E-state index contributed by atoms with van der Waals surface area (Å²) in [6.45, 7) is 2.13. The van der Waals surface area contributed by atoms with Crippen molar-refractivity contribution in [2.45, 2.75) is 6.92 Å². The summed E-state index contributed by atoms with van der Waals surface area (Å²) in [6.07, 6.45) is 1.01. The first kappa shape index (κ1) is 15.3. The van der Waals surface area contributed by atoms with E-state index in [9.17, 15) is 19.7 Å². The molecule has 1 aromatic rings. The molecule has 2 amide bonds. The number of nitrogens with one attached hydrogen (secondary N) is 3. The molecule has 0 bridgehead atoms. The number of nitro groups is 1. The zero-order chi connectivity index (χ0) is 15.1. The van der Waals surface area contributed by atoms with E-state index >= 15 is 0 Å². The van der Waals surface area contributed by atoms with Gasteiger partial charge < -0.3 is 16.0 Å². The molecule has 0 aliphatic carbocycles. The number of anilines is 1. The van der Waals surface area contributed by atoms with Crippen LogP contribution in [0, 0.1) is 10.1 Å². The van der Waals surface area contributed by atoms with E-state index in [1.807, 2.05) is 6.92 Å². The highest BCUT2D eigenvalue weighted by molar-refractivity contribution is 6.00. The predicted molar refractivity (Wildman–Crippen MR) is 71.5 cm³/mol. The number of nitrogens with zero attached hydrogens (tertiary/aromatic N) is 2. The van der Waals surface area contributed by atoms with Gasteiger partial charge in [0.25, 0.3) is 11.6 Å². The van der Waals surface area contributed by atoms with Crippen LogP contribution in [-0.4, -0.2) is 41.9 Å². The van der Waals surface area contributed by atoms with Gasteiger partial charge in [0.05, 0.1) is 11.5 Å². The van der Waals surface area contributed by atoms with Crippen molar-refractivity contribution in [1.82, 2.24) is 15.6 Å². The van der Waals surface area contributed by atoms with E-state index in [-0.39, 0.29) is 12.1 Å². The fourth-order valence-electron chi connectivity index (χ4n) is 1.40. The second-order valence-corrected chi connectivity index (χ2v) is 3.73. The lowest BCUT2D eigenvalue weighted by Crippen LogP contribution is -2.35. The van der Waals surface area contributed by atoms with E-state index in [0.717, 1.165) is 6.20 Å². The second kappa shape index (κ2) is 7.02. The van der Waals surface area contributed by atoms with Gasteiger partial charge >= 0.3 is 0 Å². The summed E-state index contributed by atoms with van der Waals surface area (Å²) in [5.74, 6) is -0.757. The Morgan fingerprint density at radius 2 is 2.15 bits per heavy atom. The fourth-order valence-corrected chi connectivity index (χ4v) is 1.40. The predicted octanol–water partition coefficient (Wildman–Crippen LogP) is -0.103. The SMILES string of the molecule is CCNc1cc(C(=O)NCC(=O)NC)c([N+](=O)[O-])cn1. The maximum Gasteiger partial charge on any atom is 0.300 e. The van der Waals surface area contributed by atoms with Gasteiger partial charge in [-0.25, -0.2) is 4.98 Å². The van der Waals surface area contributed by atoms with Crippen LogP contribution in [0.2, 0.25) is 0 Å². The minimum absolute atomic E-state index is 0.148. The van der Waals surface area contributed by atoms with Gasteiger partial charge in [-0.1, -0.05) is 0 Å². The third kappa shape index (κ3) is 3.90. The molecule has 0 atom stereocenters. The molecule has 9 heteroatoms. The Labute approximate surface area is 114 Å². The highest BCUT2D eigenvalue weighted by Gasteiger charge is 2.21. The highest BCUT2D eigenvalue weighted by Crippen LogP contribution is 2.20. The van der Waals surface area contributed by atoms with E-state index in [0.29, 0.717) is 12.4 Å². The largest absolute Gasteiger partial charge is 0.370 e. The number of carbonyl (C=O) groups is 2. The van der Waals surface area contributed by atoms with Gasteiger partial charge in [-0.3, -0.25) is 19.7 Å². The monoisotopic (exact) mass is 281 g/mol. The number of aromatic nitrogens is 1. The maximum absolute atomic E-state index is 11.9. The van der Waals surface area contributed by atoms with Crippen LogP contribution in [0.4, 0.5) is 11.5 Å². The number of likely N-dealkylation sites (N-methyl/N-ethyl adjacent to an activating group) is 1. The smallest absolute Gasteiger partial charge is 0.300 e. The molecule has 0 aliphatic heterocycles. The number of rotatable bonds is 6. The van der Waals surface area contributed by atoms with Crippen molar-refractivity contribution in [1.29, 1.82) is 0 Å². The van der Waals surface area contributed by atoms with E-state index in [1.165, 1.54) is 13.1 Å². The lowest BCUT2D eigenvalue weighted by Gasteiger charge is -2.07. The summed E-state index contributed by atoms with van der Waals surface area (Å²) < 4.78 is 0. The zero-order valence-corrected chi connectivity index (χ0v) is 11.1. The van der Waals surface area contributed by atoms with Crippen LogP contribution in [0.5, 0.6) is 0 Å². The van der Waals surface area contributed by atoms with Gasteiger partial charge in [0.15, 0.2) is 0 Å². The van der Waals surface area contributed by atoms with Crippen molar-refractivity contribution in [2.24, 2.45) is 0 Å². The molecule has 0 saturated carbocycles. The third-order valence-corrected chi connectivity index (χ3v) is 2.37. The van der Waals surface area contributed by atoms with Crippen LogP contribution >= 0.6 is 0 Å². The van der Waals surface area contributed by atoms with E-state index in [1.54, 1.807) is 0 Å². The van der Waals surface area contributed by atoms with Crippen LogP contribution in [0.3, 0.4) is 0 Å². The van der Waals surface area contributed by atoms with Crippen molar-refractivity contribution >= 4 is 23.3 Å². The van der Waals surface area contributed by atoms with Crippen molar-refractivity contribution in [3.8, 4) is 0 Å². The molecule has 0 radical (unpaired) electrons. The first-order valence-electron chi connectivity index (χ1n) is 5.86. The highest BCUT2D eigenvalue weighted by atomic mass is 16.6. The van der Waals surface area contributed by atoms with Gasteiger partial charge in [-0.05, 0) is 6.92 Å². The first-order chi connectivity index (χ1) is 9.49. The molecule has 0 aliphatic rings. The first-order valence-corrected chi connectivity index (χ1v) is 5.86. The molecule has 20 heavy (non-hydrogen) atoms. The maximum atomic E-state index is 11.9. The van der Waals surface area contributed by atoms with Crippen molar-refractivity contribution in [2.75, 3.05) is 25.5 Å². The second-order valence-electron chi connectivity index (χ2n) is 3.73. The van der Waals surface area contributed by atoms with Crippen LogP contribution in [-0.2, 0) is 4.79 Å². The summed E-state index contributed by atoms with van der Waals surface area (Å²) in [6, 6.07) is 1.28. The Morgan fingerprint density at radius 1 is 1.45 bits per heavy atom. The van der Waals surface area contributed by atoms with Crippen molar-refractivity contribution in [3.05, 3.63) is 27.9 Å². The third-order valence-electron chi connectivity index (χ3n) is 2.37. The van der Waals surface area contributed by atoms with Crippen LogP contribution < -0.4 is 16.0 Å². The molecule has 0 aromatic carbocycles. The minimum atomic E-state index is -0.707. The summed E-state index contributed by atoms with van der Waals surface area (Å²) >= 11 is 0. The molecule has 108 valence electrons. The fraction of sp³-hybridized carbons (Fsp3) is 0.364. The van der Waals surface area contributed by atoms with Gasteiger partial charge in [0.1, 0.15) is 17.6 Å². The molecule has 0 unspecified atom stereocenters. The molecule has 1 aromatic heterocycles. The summed E-state index contributed by atoms with van der Waals surface area (Å²) in [7, 11) is 1.42. The normalized spacial score (nSPS) is 9.70. The zero-order valence-electron chi connectivity index (χ0n) is 11.1. The van der Waals surface area contributed by atoms with Crippen LogP contribution in [0.25, 0.3) is 0 Å². The van der Waals surface area contributed by atoms with Crippen LogP contribution in [0.15, 0.2) is 12.3 Å². The Bertz CT molecular complexity index is 532. The number of pyridine rings is 1. The van der Waals surface area contributed by atoms with Crippen LogP contribution in [0.1, 0.15) is 17.3 Å². The molecule has 0 saturated heterocycles. The molecule has 3 N–H and O–H groups in total. The van der Waals surface area contributed by atoms with Gasteiger partial charge in [-0.2, -0.15) is 0 Å². The average Bonchev–Trinajstić information content (AvgIpc) is 2.44. The van der Waals surface area contributed by atoms with Crippen molar-refractivity contribution < 1.29 is 14.5 Å². The molecule has 1 rings (SSSR count). The minimum Gasteiger partial charge on any atom is -0.370 e. The van der Waals surface area contributed by atoms with Gasteiger partial charge in [0.2, 0.25) is 5.91 Å². The van der Waals surface area contributed by atoms with Gasteiger partial charge in [0, 0.05) is 19.7 Å². The standard InChI is InChI=1S/C11H15N5O4/c1-3-13-9-4-7(8(5-14-9)16(19)20)11(18)15-6-10(17)12-2/h4-5H,3,6H2,1-2H3,(H,12,17)(H,13,14)(H,15,18). The Morgan fingerprint density at radius 3 is 2.70 bits per heavy atom. The number of carbonyl (C=O) groups excluding carboxylic acids is 2. The van der Waals surface area contributed by atoms with E-state index in [2.05, 4.69) is 20.9 Å². The molecule has 9 nitrogen and oxygen atoms in total.